The van der Waals surface area contributed by atoms with Crippen molar-refractivity contribution in [1.29, 1.82) is 0 Å². The number of nitrogen functional groups attached to an aromatic ring is 1. The summed E-state index contributed by atoms with van der Waals surface area (Å²) in [5.74, 6) is 1.96. The molecule has 6 heteroatoms. The van der Waals surface area contributed by atoms with E-state index in [9.17, 15) is 13.2 Å². The Morgan fingerprint density at radius 2 is 2.06 bits per heavy atom. The van der Waals surface area contributed by atoms with Crippen molar-refractivity contribution < 1.29 is 13.2 Å². The number of benzene rings is 1. The topological polar surface area (TPSA) is 80.5 Å². The second-order valence-corrected chi connectivity index (χ2v) is 5.94. The molecule has 5 nitrogen and oxygen atoms in total. The fourth-order valence-electron chi connectivity index (χ4n) is 1.39. The molecule has 0 spiro atoms. The fraction of sp³-hybridized carbons (Fsp3) is 0.250. The van der Waals surface area contributed by atoms with E-state index in [1.807, 2.05) is 0 Å². The molecule has 0 bridgehead atoms. The molecular formula is C12H14N2O3S. The molecule has 0 aliphatic heterocycles. The molecule has 2 N–H and O–H groups in total. The van der Waals surface area contributed by atoms with Crippen molar-refractivity contribution in [3.8, 4) is 12.3 Å². The number of terminal acetylenes is 1. The van der Waals surface area contributed by atoms with Crippen LogP contribution in [0, 0.1) is 12.3 Å². The van der Waals surface area contributed by atoms with E-state index in [-0.39, 0.29) is 28.6 Å². The lowest BCUT2D eigenvalue weighted by molar-refractivity contribution is 0.0812. The van der Waals surface area contributed by atoms with E-state index in [1.165, 1.54) is 30.1 Å². The quantitative estimate of drug-likeness (QED) is 0.633. The lowest BCUT2D eigenvalue weighted by Crippen LogP contribution is -2.27. The van der Waals surface area contributed by atoms with Gasteiger partial charge in [-0.15, -0.1) is 6.42 Å². The van der Waals surface area contributed by atoms with Gasteiger partial charge in [0.05, 0.1) is 11.4 Å². The molecule has 0 aliphatic rings. The van der Waals surface area contributed by atoms with Gasteiger partial charge in [-0.2, -0.15) is 0 Å². The molecule has 0 aliphatic carbocycles. The highest BCUT2D eigenvalue weighted by molar-refractivity contribution is 7.90. The van der Waals surface area contributed by atoms with Crippen LogP contribution in [-0.4, -0.2) is 39.1 Å². The second kappa shape index (κ2) is 5.10. The molecule has 18 heavy (non-hydrogen) atoms. The Morgan fingerprint density at radius 1 is 1.44 bits per heavy atom. The highest BCUT2D eigenvalue weighted by atomic mass is 32.2. The SMILES string of the molecule is C#CCN(C)C(=O)c1cc(N)cc(S(C)(=O)=O)c1. The molecule has 0 heterocycles. The molecule has 0 unspecified atom stereocenters. The lowest BCUT2D eigenvalue weighted by Gasteiger charge is -2.14. The first-order valence-electron chi connectivity index (χ1n) is 5.05. The van der Waals surface area contributed by atoms with E-state index in [2.05, 4.69) is 5.92 Å². The van der Waals surface area contributed by atoms with Crippen molar-refractivity contribution in [1.82, 2.24) is 4.90 Å². The third-order valence-corrected chi connectivity index (χ3v) is 3.37. The summed E-state index contributed by atoms with van der Waals surface area (Å²) >= 11 is 0. The van der Waals surface area contributed by atoms with Crippen LogP contribution in [0.15, 0.2) is 23.1 Å². The van der Waals surface area contributed by atoms with Gasteiger partial charge in [0.2, 0.25) is 0 Å². The van der Waals surface area contributed by atoms with Crippen LogP contribution in [0.3, 0.4) is 0 Å². The number of nitrogens with zero attached hydrogens (tertiary/aromatic N) is 1. The molecule has 0 saturated heterocycles. The Morgan fingerprint density at radius 3 is 2.56 bits per heavy atom. The summed E-state index contributed by atoms with van der Waals surface area (Å²) in [5.41, 5.74) is 6.01. The number of hydrogen-bond donors (Lipinski definition) is 1. The van der Waals surface area contributed by atoms with E-state index in [0.29, 0.717) is 0 Å². The van der Waals surface area contributed by atoms with Crippen LogP contribution in [0.25, 0.3) is 0 Å². The summed E-state index contributed by atoms with van der Waals surface area (Å²) in [6.07, 6.45) is 6.17. The average Bonchev–Trinajstić information content (AvgIpc) is 2.26. The third-order valence-electron chi connectivity index (χ3n) is 2.28. The zero-order valence-electron chi connectivity index (χ0n) is 10.2. The molecule has 0 aromatic heterocycles. The van der Waals surface area contributed by atoms with Crippen LogP contribution in [0.1, 0.15) is 10.4 Å². The maximum Gasteiger partial charge on any atom is 0.254 e. The van der Waals surface area contributed by atoms with E-state index in [0.717, 1.165) is 6.26 Å². The fourth-order valence-corrected chi connectivity index (χ4v) is 2.08. The van der Waals surface area contributed by atoms with E-state index < -0.39 is 9.84 Å². The van der Waals surface area contributed by atoms with Crippen molar-refractivity contribution in [2.75, 3.05) is 25.6 Å². The van der Waals surface area contributed by atoms with Gasteiger partial charge in [0.1, 0.15) is 0 Å². The minimum Gasteiger partial charge on any atom is -0.399 e. The zero-order valence-corrected chi connectivity index (χ0v) is 11.0. The third kappa shape index (κ3) is 3.25. The average molecular weight is 266 g/mol. The summed E-state index contributed by atoms with van der Waals surface area (Å²) in [7, 11) is -1.88. The molecule has 1 aromatic carbocycles. The van der Waals surface area contributed by atoms with Crippen LogP contribution in [0.4, 0.5) is 5.69 Å². The number of anilines is 1. The summed E-state index contributed by atoms with van der Waals surface area (Å²) in [6, 6.07) is 4.03. The first-order chi connectivity index (χ1) is 8.25. The van der Waals surface area contributed by atoms with Gasteiger partial charge in [-0.3, -0.25) is 4.79 Å². The highest BCUT2D eigenvalue weighted by Gasteiger charge is 2.15. The smallest absolute Gasteiger partial charge is 0.254 e. The van der Waals surface area contributed by atoms with Gasteiger partial charge in [-0.25, -0.2) is 8.42 Å². The molecule has 0 saturated carbocycles. The number of sulfone groups is 1. The number of carbonyl (C=O) groups is 1. The van der Waals surface area contributed by atoms with Crippen molar-refractivity contribution in [3.05, 3.63) is 23.8 Å². The summed E-state index contributed by atoms with van der Waals surface area (Å²) < 4.78 is 22.9. The van der Waals surface area contributed by atoms with Crippen LogP contribution in [0.5, 0.6) is 0 Å². The Kier molecular flexibility index (Phi) is 3.99. The number of hydrogen-bond acceptors (Lipinski definition) is 4. The Hall–Kier alpha value is -2.00. The molecule has 0 fully saturated rings. The molecule has 1 aromatic rings. The number of nitrogens with two attached hydrogens (primary N) is 1. The highest BCUT2D eigenvalue weighted by Crippen LogP contribution is 2.17. The van der Waals surface area contributed by atoms with Crippen LogP contribution < -0.4 is 5.73 Å². The molecular weight excluding hydrogens is 252 g/mol. The minimum atomic E-state index is -3.41. The van der Waals surface area contributed by atoms with Gasteiger partial charge >= 0.3 is 0 Å². The van der Waals surface area contributed by atoms with E-state index in [4.69, 9.17) is 12.2 Å². The predicted octanol–water partition coefficient (Wildman–Crippen LogP) is 0.378. The van der Waals surface area contributed by atoms with Gasteiger partial charge in [0.25, 0.3) is 5.91 Å². The maximum atomic E-state index is 11.9. The minimum absolute atomic E-state index is 0.0138. The molecule has 96 valence electrons. The Bertz CT molecular complexity index is 615. The summed E-state index contributed by atoms with van der Waals surface area (Å²) in [4.78, 5) is 13.3. The Labute approximate surface area is 107 Å². The van der Waals surface area contributed by atoms with E-state index in [1.54, 1.807) is 0 Å². The van der Waals surface area contributed by atoms with Gasteiger partial charge < -0.3 is 10.6 Å². The van der Waals surface area contributed by atoms with Crippen LogP contribution in [0.2, 0.25) is 0 Å². The first kappa shape index (κ1) is 14.1. The molecule has 0 atom stereocenters. The maximum absolute atomic E-state index is 11.9. The standard InChI is InChI=1S/C12H14N2O3S/c1-4-5-14(2)12(15)9-6-10(13)8-11(7-9)18(3,16)17/h1,6-8H,5,13H2,2-3H3. The largest absolute Gasteiger partial charge is 0.399 e. The van der Waals surface area contributed by atoms with Crippen molar-refractivity contribution >= 4 is 21.4 Å². The van der Waals surface area contributed by atoms with Gasteiger partial charge in [0.15, 0.2) is 9.84 Å². The number of carbonyl (C=O) groups excluding carboxylic acids is 1. The van der Waals surface area contributed by atoms with Crippen LogP contribution in [-0.2, 0) is 9.84 Å². The van der Waals surface area contributed by atoms with Crippen molar-refractivity contribution in [2.24, 2.45) is 0 Å². The normalized spacial score (nSPS) is 10.7. The number of rotatable bonds is 3. The lowest BCUT2D eigenvalue weighted by atomic mass is 10.2. The van der Waals surface area contributed by atoms with Gasteiger partial charge in [-0.1, -0.05) is 5.92 Å². The van der Waals surface area contributed by atoms with Crippen molar-refractivity contribution in [3.63, 3.8) is 0 Å². The second-order valence-electron chi connectivity index (χ2n) is 3.93. The van der Waals surface area contributed by atoms with Crippen LogP contribution >= 0.6 is 0 Å². The number of amides is 1. The van der Waals surface area contributed by atoms with E-state index >= 15 is 0 Å². The Balaban J connectivity index is 3.24. The monoisotopic (exact) mass is 266 g/mol. The molecule has 0 radical (unpaired) electrons. The molecule has 1 amide bonds. The molecule has 1 rings (SSSR count). The van der Waals surface area contributed by atoms with Gasteiger partial charge in [0, 0.05) is 24.6 Å². The first-order valence-corrected chi connectivity index (χ1v) is 6.94. The van der Waals surface area contributed by atoms with Gasteiger partial charge in [-0.05, 0) is 18.2 Å². The zero-order chi connectivity index (χ0) is 13.9. The summed E-state index contributed by atoms with van der Waals surface area (Å²) in [6.45, 7) is 0.141. The summed E-state index contributed by atoms with van der Waals surface area (Å²) in [5, 5.41) is 0. The van der Waals surface area contributed by atoms with Crippen molar-refractivity contribution in [2.45, 2.75) is 4.90 Å². The predicted molar refractivity (Wildman–Crippen MR) is 69.8 cm³/mol.